The molecule has 102 valence electrons. The molecule has 0 aromatic carbocycles. The molecule has 0 spiro atoms. The molecule has 0 unspecified atom stereocenters. The van der Waals surface area contributed by atoms with Crippen LogP contribution < -0.4 is 21.3 Å². The number of aryl methyl sites for hydroxylation is 1. The molecule has 0 amide bonds. The van der Waals surface area contributed by atoms with Gasteiger partial charge < -0.3 is 10.1 Å². The van der Waals surface area contributed by atoms with Gasteiger partial charge in [0, 0.05) is 20.0 Å². The minimum absolute atomic E-state index is 0.182. The normalized spacial score (nSPS) is 10.3. The van der Waals surface area contributed by atoms with Gasteiger partial charge in [-0.3, -0.25) is 10.1 Å². The number of anilines is 2. The van der Waals surface area contributed by atoms with Crippen molar-refractivity contribution in [3.05, 3.63) is 12.2 Å². The van der Waals surface area contributed by atoms with Crippen LogP contribution in [0.25, 0.3) is 0 Å². The van der Waals surface area contributed by atoms with Crippen molar-refractivity contribution in [3.63, 3.8) is 0 Å². The highest BCUT2D eigenvalue weighted by molar-refractivity contribution is 5.34. The maximum atomic E-state index is 5.26. The van der Waals surface area contributed by atoms with Gasteiger partial charge >= 0.3 is 6.01 Å². The average Bonchev–Trinajstić information content (AvgIpc) is 2.84. The lowest BCUT2D eigenvalue weighted by atomic mass is 10.4. The Labute approximate surface area is 109 Å². The lowest BCUT2D eigenvalue weighted by Gasteiger charge is -2.06. The van der Waals surface area contributed by atoms with Crippen LogP contribution in [0.4, 0.5) is 11.9 Å². The van der Waals surface area contributed by atoms with Crippen LogP contribution in [0.1, 0.15) is 5.82 Å². The summed E-state index contributed by atoms with van der Waals surface area (Å²) in [6.07, 6.45) is 2.30. The van der Waals surface area contributed by atoms with Crippen LogP contribution in [0.3, 0.4) is 0 Å². The van der Waals surface area contributed by atoms with E-state index < -0.39 is 0 Å². The highest BCUT2D eigenvalue weighted by Gasteiger charge is 2.06. The van der Waals surface area contributed by atoms with Crippen molar-refractivity contribution < 1.29 is 4.74 Å². The lowest BCUT2D eigenvalue weighted by molar-refractivity contribution is 0.379. The number of nitrogens with zero attached hydrogens (tertiary/aromatic N) is 6. The number of methoxy groups -OCH3 is 1. The van der Waals surface area contributed by atoms with Crippen molar-refractivity contribution >= 4 is 11.9 Å². The van der Waals surface area contributed by atoms with E-state index in [0.717, 1.165) is 5.82 Å². The van der Waals surface area contributed by atoms with Gasteiger partial charge in [-0.2, -0.15) is 20.1 Å². The molecule has 2 aromatic heterocycles. The van der Waals surface area contributed by atoms with Crippen molar-refractivity contribution in [3.8, 4) is 6.01 Å². The molecule has 2 aromatic rings. The summed E-state index contributed by atoms with van der Waals surface area (Å²) in [7, 11) is 3.29. The second-order valence-electron chi connectivity index (χ2n) is 3.62. The largest absolute Gasteiger partial charge is 0.467 e. The number of nitrogens with two attached hydrogens (primary N) is 1. The van der Waals surface area contributed by atoms with Gasteiger partial charge in [-0.1, -0.05) is 0 Å². The number of hydrazine groups is 1. The lowest BCUT2D eigenvalue weighted by Crippen LogP contribution is -2.15. The smallest absolute Gasteiger partial charge is 0.322 e. The third kappa shape index (κ3) is 3.48. The number of aromatic nitrogens is 6. The van der Waals surface area contributed by atoms with Gasteiger partial charge in [0.05, 0.1) is 7.11 Å². The number of nitrogens with one attached hydrogen (secondary N) is 2. The molecule has 0 radical (unpaired) electrons. The summed E-state index contributed by atoms with van der Waals surface area (Å²) in [5, 5.41) is 7.19. The van der Waals surface area contributed by atoms with Crippen LogP contribution in [0.2, 0.25) is 0 Å². The highest BCUT2D eigenvalue weighted by atomic mass is 16.5. The molecule has 0 fully saturated rings. The van der Waals surface area contributed by atoms with Crippen molar-refractivity contribution in [2.24, 2.45) is 12.9 Å². The van der Waals surface area contributed by atoms with E-state index in [0.29, 0.717) is 18.9 Å². The predicted molar refractivity (Wildman–Crippen MR) is 67.4 cm³/mol. The third-order valence-electron chi connectivity index (χ3n) is 2.21. The zero-order valence-electron chi connectivity index (χ0n) is 10.7. The summed E-state index contributed by atoms with van der Waals surface area (Å²) in [5.41, 5.74) is 2.34. The standard InChI is InChI=1S/C9H15N9O/c1-18-5-12-6(17-18)3-4-11-7-13-8(16-10)15-9(14-7)19-2/h5H,3-4,10H2,1-2H3,(H2,11,13,14,15,16). The molecule has 0 aliphatic heterocycles. The molecule has 0 bridgehead atoms. The maximum absolute atomic E-state index is 5.26. The first-order valence-electron chi connectivity index (χ1n) is 5.56. The Morgan fingerprint density at radius 1 is 1.32 bits per heavy atom. The molecule has 19 heavy (non-hydrogen) atoms. The van der Waals surface area contributed by atoms with Crippen molar-refractivity contribution in [1.29, 1.82) is 0 Å². The van der Waals surface area contributed by atoms with Gasteiger partial charge in [-0.05, 0) is 0 Å². The Balaban J connectivity index is 1.95. The fourth-order valence-corrected chi connectivity index (χ4v) is 1.38. The van der Waals surface area contributed by atoms with Crippen LogP contribution in [0, 0.1) is 0 Å². The van der Waals surface area contributed by atoms with Crippen LogP contribution in [-0.4, -0.2) is 43.4 Å². The Bertz CT molecular complexity index is 518. The van der Waals surface area contributed by atoms with Gasteiger partial charge in [0.15, 0.2) is 5.82 Å². The molecular weight excluding hydrogens is 250 g/mol. The molecule has 4 N–H and O–H groups in total. The minimum Gasteiger partial charge on any atom is -0.467 e. The molecule has 0 aliphatic carbocycles. The van der Waals surface area contributed by atoms with Gasteiger partial charge in [0.1, 0.15) is 6.33 Å². The third-order valence-corrected chi connectivity index (χ3v) is 2.21. The van der Waals surface area contributed by atoms with Gasteiger partial charge in [0.2, 0.25) is 11.9 Å². The second-order valence-corrected chi connectivity index (χ2v) is 3.62. The Hall–Kier alpha value is -2.49. The number of hydrogen-bond acceptors (Lipinski definition) is 9. The Kier molecular flexibility index (Phi) is 4.03. The van der Waals surface area contributed by atoms with E-state index in [-0.39, 0.29) is 12.0 Å². The first-order valence-corrected chi connectivity index (χ1v) is 5.56. The van der Waals surface area contributed by atoms with E-state index in [4.69, 9.17) is 10.6 Å². The first kappa shape index (κ1) is 13.0. The van der Waals surface area contributed by atoms with Crippen LogP contribution in [0.5, 0.6) is 6.01 Å². The number of hydrogen-bond donors (Lipinski definition) is 3. The van der Waals surface area contributed by atoms with E-state index in [1.807, 2.05) is 7.05 Å². The van der Waals surface area contributed by atoms with Crippen LogP contribution >= 0.6 is 0 Å². The SMILES string of the molecule is COc1nc(NN)nc(NCCc2ncn(C)n2)n1. The molecular formula is C9H15N9O. The monoisotopic (exact) mass is 265 g/mol. The fourth-order valence-electron chi connectivity index (χ4n) is 1.38. The van der Waals surface area contributed by atoms with E-state index in [1.54, 1.807) is 11.0 Å². The summed E-state index contributed by atoms with van der Waals surface area (Å²) in [5.74, 6) is 6.60. The molecule has 0 aliphatic rings. The molecule has 2 heterocycles. The molecule has 0 atom stereocenters. The molecule has 2 rings (SSSR count). The zero-order valence-corrected chi connectivity index (χ0v) is 10.7. The summed E-state index contributed by atoms with van der Waals surface area (Å²) in [4.78, 5) is 16.1. The minimum atomic E-state index is 0.182. The molecule has 0 saturated heterocycles. The fraction of sp³-hybridized carbons (Fsp3) is 0.444. The Morgan fingerprint density at radius 3 is 2.74 bits per heavy atom. The summed E-state index contributed by atoms with van der Waals surface area (Å²) in [6.45, 7) is 0.585. The summed E-state index contributed by atoms with van der Waals surface area (Å²) < 4.78 is 6.59. The zero-order chi connectivity index (χ0) is 13.7. The second kappa shape index (κ2) is 5.91. The quantitative estimate of drug-likeness (QED) is 0.442. The maximum Gasteiger partial charge on any atom is 0.322 e. The van der Waals surface area contributed by atoms with E-state index in [2.05, 4.69) is 35.8 Å². The van der Waals surface area contributed by atoms with E-state index in [9.17, 15) is 0 Å². The van der Waals surface area contributed by atoms with Crippen molar-refractivity contribution in [2.75, 3.05) is 24.4 Å². The van der Waals surface area contributed by atoms with Gasteiger partial charge in [0.25, 0.3) is 0 Å². The number of rotatable bonds is 6. The van der Waals surface area contributed by atoms with E-state index in [1.165, 1.54) is 7.11 Å². The Morgan fingerprint density at radius 2 is 2.11 bits per heavy atom. The highest BCUT2D eigenvalue weighted by Crippen LogP contribution is 2.09. The number of nitrogen functional groups attached to an aromatic ring is 1. The first-order chi connectivity index (χ1) is 9.21. The summed E-state index contributed by atoms with van der Waals surface area (Å²) >= 11 is 0. The van der Waals surface area contributed by atoms with E-state index >= 15 is 0 Å². The van der Waals surface area contributed by atoms with Crippen LogP contribution in [0.15, 0.2) is 6.33 Å². The van der Waals surface area contributed by atoms with Gasteiger partial charge in [-0.15, -0.1) is 0 Å². The predicted octanol–water partition coefficient (Wildman–Crippen LogP) is -1.05. The van der Waals surface area contributed by atoms with Gasteiger partial charge in [-0.25, -0.2) is 10.8 Å². The number of ether oxygens (including phenoxy) is 1. The van der Waals surface area contributed by atoms with Crippen molar-refractivity contribution in [2.45, 2.75) is 6.42 Å². The molecule has 10 heteroatoms. The average molecular weight is 265 g/mol. The summed E-state index contributed by atoms with van der Waals surface area (Å²) in [6, 6.07) is 0.182. The molecule has 10 nitrogen and oxygen atoms in total. The van der Waals surface area contributed by atoms with Crippen molar-refractivity contribution in [1.82, 2.24) is 29.7 Å². The topological polar surface area (TPSA) is 129 Å². The van der Waals surface area contributed by atoms with Crippen LogP contribution in [-0.2, 0) is 13.5 Å². The molecule has 0 saturated carbocycles.